The molecule has 126 valence electrons. The van der Waals surface area contributed by atoms with Gasteiger partial charge in [0.2, 0.25) is 5.95 Å². The highest BCUT2D eigenvalue weighted by Gasteiger charge is 2.28. The van der Waals surface area contributed by atoms with E-state index in [-0.39, 0.29) is 0 Å². The lowest BCUT2D eigenvalue weighted by atomic mass is 10.1. The number of nitrogens with one attached hydrogen (secondary N) is 2. The number of hydrogen-bond acceptors (Lipinski definition) is 5. The van der Waals surface area contributed by atoms with Crippen LogP contribution in [-0.2, 0) is 7.05 Å². The van der Waals surface area contributed by atoms with Crippen molar-refractivity contribution in [3.63, 3.8) is 0 Å². The Hall–Kier alpha value is -2.96. The molecular weight excluding hydrogens is 314 g/mol. The molecule has 0 saturated heterocycles. The summed E-state index contributed by atoms with van der Waals surface area (Å²) in [5.41, 5.74) is 4.92. The third-order valence-electron chi connectivity index (χ3n) is 5.04. The molecule has 1 aliphatic carbocycles. The molecule has 1 saturated carbocycles. The molecule has 3 aromatic heterocycles. The monoisotopic (exact) mass is 333 g/mol. The standard InChI is InChI=1S/C18H19N7/c1-10(11-3-4-11)21-18-20-9-14-13(8-19-17(14)22-18)12-5-6-15-16(7-12)25(2)24-23-15/h5-11H,3-4H2,1-2H3,(H2,19,20,21,22)/t10-/m1/s1. The van der Waals surface area contributed by atoms with Gasteiger partial charge in [0.15, 0.2) is 0 Å². The molecular formula is C18H19N7. The lowest BCUT2D eigenvalue weighted by molar-refractivity contribution is 0.687. The number of nitrogens with zero attached hydrogens (tertiary/aromatic N) is 5. The first-order valence-electron chi connectivity index (χ1n) is 8.59. The fraction of sp³-hybridized carbons (Fsp3) is 0.333. The number of fused-ring (bicyclic) bond motifs is 2. The predicted molar refractivity (Wildman–Crippen MR) is 97.2 cm³/mol. The van der Waals surface area contributed by atoms with Gasteiger partial charge in [-0.1, -0.05) is 11.3 Å². The Balaban J connectivity index is 1.53. The van der Waals surface area contributed by atoms with Gasteiger partial charge in [-0.05, 0) is 43.4 Å². The topological polar surface area (TPSA) is 84.3 Å². The highest BCUT2D eigenvalue weighted by molar-refractivity contribution is 5.95. The van der Waals surface area contributed by atoms with E-state index >= 15 is 0 Å². The fourth-order valence-corrected chi connectivity index (χ4v) is 3.33. The van der Waals surface area contributed by atoms with Crippen LogP contribution in [0.2, 0.25) is 0 Å². The van der Waals surface area contributed by atoms with Gasteiger partial charge in [0.05, 0.1) is 5.52 Å². The van der Waals surface area contributed by atoms with Crippen LogP contribution in [-0.4, -0.2) is 36.0 Å². The van der Waals surface area contributed by atoms with Crippen molar-refractivity contribution in [1.82, 2.24) is 29.9 Å². The van der Waals surface area contributed by atoms with Crippen molar-refractivity contribution in [2.24, 2.45) is 13.0 Å². The second-order valence-corrected chi connectivity index (χ2v) is 6.85. The average molecular weight is 333 g/mol. The van der Waals surface area contributed by atoms with Crippen LogP contribution in [0.15, 0.2) is 30.6 Å². The molecule has 25 heavy (non-hydrogen) atoms. The molecule has 4 aromatic rings. The summed E-state index contributed by atoms with van der Waals surface area (Å²) in [6.07, 6.45) is 6.48. The van der Waals surface area contributed by atoms with Crippen molar-refractivity contribution in [1.29, 1.82) is 0 Å². The summed E-state index contributed by atoms with van der Waals surface area (Å²) in [5.74, 6) is 1.45. The van der Waals surface area contributed by atoms with Crippen molar-refractivity contribution in [3.8, 4) is 11.1 Å². The molecule has 1 aliphatic rings. The maximum Gasteiger partial charge on any atom is 0.224 e. The number of anilines is 1. The number of rotatable bonds is 4. The van der Waals surface area contributed by atoms with E-state index in [1.54, 1.807) is 4.68 Å². The Morgan fingerprint density at radius 3 is 3.04 bits per heavy atom. The van der Waals surface area contributed by atoms with E-state index in [1.165, 1.54) is 12.8 Å². The van der Waals surface area contributed by atoms with Crippen LogP contribution in [0.3, 0.4) is 0 Å². The number of aromatic nitrogens is 6. The minimum Gasteiger partial charge on any atom is -0.351 e. The normalized spacial score (nSPS) is 15.8. The average Bonchev–Trinajstić information content (AvgIpc) is 3.30. The summed E-state index contributed by atoms with van der Waals surface area (Å²) in [7, 11) is 1.90. The van der Waals surface area contributed by atoms with E-state index in [1.807, 2.05) is 25.5 Å². The summed E-state index contributed by atoms with van der Waals surface area (Å²) in [6.45, 7) is 2.20. The number of hydrogen-bond donors (Lipinski definition) is 2. The minimum absolute atomic E-state index is 0.423. The predicted octanol–water partition coefficient (Wildman–Crippen LogP) is 3.12. The van der Waals surface area contributed by atoms with Crippen molar-refractivity contribution in [2.45, 2.75) is 25.8 Å². The smallest absolute Gasteiger partial charge is 0.224 e. The first-order chi connectivity index (χ1) is 12.2. The highest BCUT2D eigenvalue weighted by atomic mass is 15.4. The van der Waals surface area contributed by atoms with E-state index < -0.39 is 0 Å². The van der Waals surface area contributed by atoms with E-state index in [0.29, 0.717) is 12.0 Å². The Morgan fingerprint density at radius 2 is 2.20 bits per heavy atom. The van der Waals surface area contributed by atoms with Crippen molar-refractivity contribution in [2.75, 3.05) is 5.32 Å². The first-order valence-corrected chi connectivity index (χ1v) is 8.59. The van der Waals surface area contributed by atoms with Gasteiger partial charge >= 0.3 is 0 Å². The van der Waals surface area contributed by atoms with Crippen LogP contribution >= 0.6 is 0 Å². The lowest BCUT2D eigenvalue weighted by Gasteiger charge is -2.12. The van der Waals surface area contributed by atoms with E-state index in [0.717, 1.165) is 39.1 Å². The maximum absolute atomic E-state index is 4.63. The van der Waals surface area contributed by atoms with Crippen LogP contribution in [0.1, 0.15) is 19.8 Å². The van der Waals surface area contributed by atoms with E-state index in [9.17, 15) is 0 Å². The molecule has 7 nitrogen and oxygen atoms in total. The Labute approximate surface area is 144 Å². The molecule has 0 radical (unpaired) electrons. The zero-order valence-electron chi connectivity index (χ0n) is 14.2. The van der Waals surface area contributed by atoms with Crippen LogP contribution in [0.5, 0.6) is 0 Å². The van der Waals surface area contributed by atoms with Gasteiger partial charge in [-0.3, -0.25) is 0 Å². The van der Waals surface area contributed by atoms with E-state index in [2.05, 4.69) is 49.6 Å². The zero-order valence-corrected chi connectivity index (χ0v) is 14.2. The van der Waals surface area contributed by atoms with Crippen molar-refractivity contribution < 1.29 is 0 Å². The third kappa shape index (κ3) is 2.43. The summed E-state index contributed by atoms with van der Waals surface area (Å²) in [4.78, 5) is 12.4. The molecule has 1 atom stereocenters. The largest absolute Gasteiger partial charge is 0.351 e. The quantitative estimate of drug-likeness (QED) is 0.599. The van der Waals surface area contributed by atoms with Gasteiger partial charge < -0.3 is 10.3 Å². The maximum atomic E-state index is 4.63. The molecule has 1 aromatic carbocycles. The molecule has 1 fully saturated rings. The molecule has 0 aliphatic heterocycles. The summed E-state index contributed by atoms with van der Waals surface area (Å²) in [6, 6.07) is 6.57. The summed E-state index contributed by atoms with van der Waals surface area (Å²) >= 11 is 0. The van der Waals surface area contributed by atoms with Crippen LogP contribution in [0, 0.1) is 5.92 Å². The van der Waals surface area contributed by atoms with Gasteiger partial charge in [-0.15, -0.1) is 5.10 Å². The number of H-pyrrole nitrogens is 1. The molecule has 5 rings (SSSR count). The van der Waals surface area contributed by atoms with Gasteiger partial charge in [-0.25, -0.2) is 9.67 Å². The van der Waals surface area contributed by atoms with E-state index in [4.69, 9.17) is 0 Å². The van der Waals surface area contributed by atoms with Crippen LogP contribution in [0.25, 0.3) is 33.2 Å². The Morgan fingerprint density at radius 1 is 1.32 bits per heavy atom. The Kier molecular flexibility index (Phi) is 3.03. The molecule has 0 spiro atoms. The van der Waals surface area contributed by atoms with Gasteiger partial charge in [0.1, 0.15) is 11.2 Å². The molecule has 3 heterocycles. The summed E-state index contributed by atoms with van der Waals surface area (Å²) < 4.78 is 1.78. The second-order valence-electron chi connectivity index (χ2n) is 6.85. The second kappa shape index (κ2) is 5.27. The molecule has 0 bridgehead atoms. The minimum atomic E-state index is 0.423. The lowest BCUT2D eigenvalue weighted by Crippen LogP contribution is -2.18. The molecule has 2 N–H and O–H groups in total. The van der Waals surface area contributed by atoms with Gasteiger partial charge in [0.25, 0.3) is 0 Å². The van der Waals surface area contributed by atoms with Gasteiger partial charge in [-0.2, -0.15) is 4.98 Å². The first kappa shape index (κ1) is 14.4. The Bertz CT molecular complexity index is 1070. The SMILES string of the molecule is C[C@@H](Nc1ncc2c(-c3ccc4nnn(C)c4c3)c[nH]c2n1)C1CC1. The molecule has 0 amide bonds. The zero-order chi connectivity index (χ0) is 17.0. The molecule has 0 unspecified atom stereocenters. The fourth-order valence-electron chi connectivity index (χ4n) is 3.33. The number of benzene rings is 1. The number of aromatic amines is 1. The van der Waals surface area contributed by atoms with Gasteiger partial charge in [0, 0.05) is 36.4 Å². The van der Waals surface area contributed by atoms with Crippen LogP contribution in [0.4, 0.5) is 5.95 Å². The van der Waals surface area contributed by atoms with Crippen molar-refractivity contribution >= 4 is 28.0 Å². The van der Waals surface area contributed by atoms with Crippen LogP contribution < -0.4 is 5.32 Å². The molecule has 7 heteroatoms. The number of aryl methyl sites for hydroxylation is 1. The highest BCUT2D eigenvalue weighted by Crippen LogP contribution is 2.34. The third-order valence-corrected chi connectivity index (χ3v) is 5.04. The summed E-state index contributed by atoms with van der Waals surface area (Å²) in [5, 5.41) is 12.6. The van der Waals surface area contributed by atoms with Crippen molar-refractivity contribution in [3.05, 3.63) is 30.6 Å².